The summed E-state index contributed by atoms with van der Waals surface area (Å²) in [6, 6.07) is 1.54. The Labute approximate surface area is 68.2 Å². The van der Waals surface area contributed by atoms with Crippen LogP contribution in [0.15, 0.2) is 11.4 Å². The highest BCUT2D eigenvalue weighted by atomic mass is 32.1. The van der Waals surface area contributed by atoms with Crippen molar-refractivity contribution in [2.45, 2.75) is 6.92 Å². The first kappa shape index (κ1) is 8.07. The van der Waals surface area contributed by atoms with Gasteiger partial charge in [-0.3, -0.25) is 0 Å². The van der Waals surface area contributed by atoms with Gasteiger partial charge in [0.25, 0.3) is 0 Å². The highest BCUT2D eigenvalue weighted by molar-refractivity contribution is 7.12. The molecule has 0 aliphatic rings. The van der Waals surface area contributed by atoms with Gasteiger partial charge in [0.05, 0.1) is 6.61 Å². The number of carbonyl (C=O) groups is 1. The van der Waals surface area contributed by atoms with Crippen LogP contribution in [0, 0.1) is 0 Å². The van der Waals surface area contributed by atoms with Crippen LogP contribution < -0.4 is 4.74 Å². The molecule has 0 atom stereocenters. The first-order valence-electron chi connectivity index (χ1n) is 3.19. The van der Waals surface area contributed by atoms with Gasteiger partial charge in [0, 0.05) is 0 Å². The molecule has 0 aliphatic carbocycles. The number of hydrogen-bond donors (Lipinski definition) is 1. The Balaban J connectivity index is 2.87. The van der Waals surface area contributed by atoms with Crippen LogP contribution in [0.4, 0.5) is 0 Å². The number of rotatable bonds is 3. The largest absolute Gasteiger partial charge is 0.484 e. The molecule has 60 valence electrons. The molecule has 0 saturated heterocycles. The Morgan fingerprint density at radius 3 is 3.09 bits per heavy atom. The molecule has 1 rings (SSSR count). The zero-order valence-corrected chi connectivity index (χ0v) is 6.85. The summed E-state index contributed by atoms with van der Waals surface area (Å²) in [5.41, 5.74) is 0.247. The van der Waals surface area contributed by atoms with Crippen LogP contribution in [0.3, 0.4) is 0 Å². The number of ether oxygens (including phenoxy) is 1. The van der Waals surface area contributed by atoms with E-state index in [-0.39, 0.29) is 5.56 Å². The van der Waals surface area contributed by atoms with Crippen molar-refractivity contribution < 1.29 is 14.6 Å². The molecule has 1 N–H and O–H groups in total. The van der Waals surface area contributed by atoms with Gasteiger partial charge in [0.1, 0.15) is 5.56 Å². The molecule has 1 aromatic heterocycles. The lowest BCUT2D eigenvalue weighted by molar-refractivity contribution is 0.0693. The highest BCUT2D eigenvalue weighted by Gasteiger charge is 2.11. The van der Waals surface area contributed by atoms with E-state index in [1.54, 1.807) is 5.38 Å². The lowest BCUT2D eigenvalue weighted by Crippen LogP contribution is -1.98. The fourth-order valence-electron chi connectivity index (χ4n) is 0.697. The molecule has 0 aromatic carbocycles. The molecule has 0 bridgehead atoms. The lowest BCUT2D eigenvalue weighted by atomic mass is 10.3. The average molecular weight is 172 g/mol. The molecule has 0 fully saturated rings. The summed E-state index contributed by atoms with van der Waals surface area (Å²) >= 11 is 1.30. The second-order valence-corrected chi connectivity index (χ2v) is 2.74. The van der Waals surface area contributed by atoms with Gasteiger partial charge in [0.2, 0.25) is 0 Å². The Bertz CT molecular complexity index is 254. The quantitative estimate of drug-likeness (QED) is 0.756. The van der Waals surface area contributed by atoms with Crippen molar-refractivity contribution in [1.29, 1.82) is 0 Å². The Hall–Kier alpha value is -1.03. The highest BCUT2D eigenvalue weighted by Crippen LogP contribution is 2.25. The van der Waals surface area contributed by atoms with Crippen LogP contribution in [-0.4, -0.2) is 17.7 Å². The summed E-state index contributed by atoms with van der Waals surface area (Å²) < 4.78 is 5.08. The number of hydrogen-bond acceptors (Lipinski definition) is 3. The van der Waals surface area contributed by atoms with Crippen LogP contribution in [-0.2, 0) is 0 Å². The standard InChI is InChI=1S/C7H8O3S/c1-2-10-7-5(6(8)9)3-4-11-7/h3-4H,2H2,1H3,(H,8,9). The minimum absolute atomic E-state index is 0.247. The van der Waals surface area contributed by atoms with Crippen molar-refractivity contribution in [2.24, 2.45) is 0 Å². The van der Waals surface area contributed by atoms with Gasteiger partial charge >= 0.3 is 5.97 Å². The summed E-state index contributed by atoms with van der Waals surface area (Å²) in [4.78, 5) is 10.5. The molecular formula is C7H8O3S. The third-order valence-corrected chi connectivity index (χ3v) is 1.96. The zero-order valence-electron chi connectivity index (χ0n) is 6.03. The maximum Gasteiger partial charge on any atom is 0.340 e. The maximum atomic E-state index is 10.5. The Kier molecular flexibility index (Phi) is 2.48. The first-order valence-corrected chi connectivity index (χ1v) is 4.07. The molecule has 0 unspecified atom stereocenters. The molecule has 11 heavy (non-hydrogen) atoms. The second-order valence-electron chi connectivity index (χ2n) is 1.86. The van der Waals surface area contributed by atoms with Crippen molar-refractivity contribution in [3.8, 4) is 5.06 Å². The third-order valence-electron chi connectivity index (χ3n) is 1.14. The van der Waals surface area contributed by atoms with Gasteiger partial charge in [-0.25, -0.2) is 4.79 Å². The molecule has 0 amide bonds. The van der Waals surface area contributed by atoms with Crippen molar-refractivity contribution in [3.63, 3.8) is 0 Å². The first-order chi connectivity index (χ1) is 5.25. The second kappa shape index (κ2) is 3.39. The van der Waals surface area contributed by atoms with Gasteiger partial charge in [-0.05, 0) is 18.4 Å². The van der Waals surface area contributed by atoms with E-state index < -0.39 is 5.97 Å². The molecule has 3 nitrogen and oxygen atoms in total. The van der Waals surface area contributed by atoms with Crippen LogP contribution in [0.25, 0.3) is 0 Å². The smallest absolute Gasteiger partial charge is 0.340 e. The van der Waals surface area contributed by atoms with E-state index in [2.05, 4.69) is 0 Å². The number of aromatic carboxylic acids is 1. The third kappa shape index (κ3) is 1.71. The lowest BCUT2D eigenvalue weighted by Gasteiger charge is -1.98. The molecular weight excluding hydrogens is 164 g/mol. The summed E-state index contributed by atoms with van der Waals surface area (Å²) in [5, 5.41) is 10.8. The average Bonchev–Trinajstić information content (AvgIpc) is 2.36. The molecule has 1 heterocycles. The van der Waals surface area contributed by atoms with E-state index in [0.29, 0.717) is 11.7 Å². The Morgan fingerprint density at radius 1 is 1.82 bits per heavy atom. The molecule has 0 radical (unpaired) electrons. The molecule has 0 spiro atoms. The summed E-state index contributed by atoms with van der Waals surface area (Å²) in [6.45, 7) is 2.33. The summed E-state index contributed by atoms with van der Waals surface area (Å²) in [7, 11) is 0. The summed E-state index contributed by atoms with van der Waals surface area (Å²) in [5.74, 6) is -0.935. The van der Waals surface area contributed by atoms with Gasteiger partial charge in [0.15, 0.2) is 5.06 Å². The van der Waals surface area contributed by atoms with Crippen LogP contribution in [0.5, 0.6) is 5.06 Å². The predicted molar refractivity (Wildman–Crippen MR) is 42.4 cm³/mol. The monoisotopic (exact) mass is 172 g/mol. The Morgan fingerprint density at radius 2 is 2.55 bits per heavy atom. The van der Waals surface area contributed by atoms with Gasteiger partial charge < -0.3 is 9.84 Å². The van der Waals surface area contributed by atoms with Crippen LogP contribution in [0.2, 0.25) is 0 Å². The van der Waals surface area contributed by atoms with E-state index in [1.165, 1.54) is 17.4 Å². The van der Waals surface area contributed by atoms with E-state index in [0.717, 1.165) is 0 Å². The molecule has 1 aromatic rings. The van der Waals surface area contributed by atoms with Crippen molar-refractivity contribution in [3.05, 3.63) is 17.0 Å². The SMILES string of the molecule is CCOc1sccc1C(=O)O. The number of thiophene rings is 1. The normalized spacial score (nSPS) is 9.55. The molecule has 4 heteroatoms. The minimum atomic E-state index is -0.935. The van der Waals surface area contributed by atoms with Crippen molar-refractivity contribution in [2.75, 3.05) is 6.61 Å². The maximum absolute atomic E-state index is 10.5. The van der Waals surface area contributed by atoms with E-state index in [4.69, 9.17) is 9.84 Å². The fraction of sp³-hybridized carbons (Fsp3) is 0.286. The molecule has 0 aliphatic heterocycles. The number of carboxylic acids is 1. The van der Waals surface area contributed by atoms with Gasteiger partial charge in [-0.1, -0.05) is 0 Å². The van der Waals surface area contributed by atoms with E-state index in [1.807, 2.05) is 6.92 Å². The van der Waals surface area contributed by atoms with E-state index >= 15 is 0 Å². The summed E-state index contributed by atoms with van der Waals surface area (Å²) in [6.07, 6.45) is 0. The van der Waals surface area contributed by atoms with Crippen LogP contribution in [0.1, 0.15) is 17.3 Å². The zero-order chi connectivity index (χ0) is 8.27. The topological polar surface area (TPSA) is 46.5 Å². The minimum Gasteiger partial charge on any atom is -0.484 e. The van der Waals surface area contributed by atoms with E-state index in [9.17, 15) is 4.79 Å². The fourth-order valence-corrected chi connectivity index (χ4v) is 1.49. The number of carboxylic acid groups (broad SMARTS) is 1. The predicted octanol–water partition coefficient (Wildman–Crippen LogP) is 1.84. The van der Waals surface area contributed by atoms with Gasteiger partial charge in [-0.2, -0.15) is 0 Å². The van der Waals surface area contributed by atoms with Crippen molar-refractivity contribution in [1.82, 2.24) is 0 Å². The van der Waals surface area contributed by atoms with Crippen LogP contribution >= 0.6 is 11.3 Å². The molecule has 0 saturated carbocycles. The van der Waals surface area contributed by atoms with Gasteiger partial charge in [-0.15, -0.1) is 11.3 Å². The van der Waals surface area contributed by atoms with Crippen molar-refractivity contribution >= 4 is 17.3 Å².